The lowest BCUT2D eigenvalue weighted by Gasteiger charge is -2.38. The number of benzene rings is 1. The van der Waals surface area contributed by atoms with Crippen LogP contribution in [0.4, 0.5) is 24.0 Å². The number of halogens is 3. The van der Waals surface area contributed by atoms with E-state index in [2.05, 4.69) is 19.9 Å². The third kappa shape index (κ3) is 4.63. The zero-order chi connectivity index (χ0) is 30.1. The number of hydrogen-bond donors (Lipinski definition) is 2. The summed E-state index contributed by atoms with van der Waals surface area (Å²) in [7, 11) is 0. The predicted octanol–water partition coefficient (Wildman–Crippen LogP) is 4.94. The minimum Gasteiger partial charge on any atom is -0.461 e. The summed E-state index contributed by atoms with van der Waals surface area (Å²) in [5, 5.41) is 21.2. The molecule has 13 heteroatoms. The summed E-state index contributed by atoms with van der Waals surface area (Å²) >= 11 is 0.921. The van der Waals surface area contributed by atoms with Gasteiger partial charge in [-0.1, -0.05) is 0 Å². The number of nitriles is 1. The highest BCUT2D eigenvalue weighted by atomic mass is 32.1. The molecular formula is C30H30F3N7O2S. The number of β-amino-alcohol motifs (C(OH)–C–C–N with tert-alkyl or cyclic N) is 1. The van der Waals surface area contributed by atoms with Crippen molar-refractivity contribution >= 4 is 43.1 Å². The Hall–Kier alpha value is -3.73. The topological polar surface area (TPSA) is 124 Å². The Kier molecular flexibility index (Phi) is 6.64. The molecule has 3 aromatic heterocycles. The van der Waals surface area contributed by atoms with Crippen LogP contribution in [0.3, 0.4) is 0 Å². The number of thiophene rings is 1. The van der Waals surface area contributed by atoms with Crippen molar-refractivity contribution in [1.82, 2.24) is 19.9 Å². The molecule has 7 rings (SSSR count). The molecule has 0 aliphatic carbocycles. The summed E-state index contributed by atoms with van der Waals surface area (Å²) in [5.74, 6) is -0.990. The van der Waals surface area contributed by atoms with E-state index in [1.165, 1.54) is 18.3 Å². The lowest BCUT2D eigenvalue weighted by Crippen LogP contribution is -2.46. The first-order valence-electron chi connectivity index (χ1n) is 14.4. The van der Waals surface area contributed by atoms with Crippen molar-refractivity contribution in [2.24, 2.45) is 0 Å². The van der Waals surface area contributed by atoms with Gasteiger partial charge in [-0.25, -0.2) is 13.2 Å². The Morgan fingerprint density at radius 1 is 1.23 bits per heavy atom. The van der Waals surface area contributed by atoms with E-state index in [4.69, 9.17) is 10.5 Å². The van der Waals surface area contributed by atoms with Crippen LogP contribution in [0.15, 0.2) is 18.3 Å². The molecule has 6 heterocycles. The maximum absolute atomic E-state index is 16.6. The number of nitrogens with two attached hydrogens (primary N) is 1. The van der Waals surface area contributed by atoms with Crippen molar-refractivity contribution in [2.75, 3.05) is 43.4 Å². The number of rotatable bonds is 5. The van der Waals surface area contributed by atoms with Crippen molar-refractivity contribution in [1.29, 1.82) is 5.26 Å². The van der Waals surface area contributed by atoms with Crippen LogP contribution in [-0.2, 0) is 0 Å². The molecule has 0 unspecified atom stereocenters. The molecule has 0 saturated carbocycles. The number of fused-ring (bicyclic) bond motifs is 3. The van der Waals surface area contributed by atoms with Crippen LogP contribution >= 0.6 is 11.3 Å². The summed E-state index contributed by atoms with van der Waals surface area (Å²) in [5.41, 5.74) is 4.66. The summed E-state index contributed by atoms with van der Waals surface area (Å²) in [6.45, 7) is 3.91. The highest BCUT2D eigenvalue weighted by Gasteiger charge is 2.49. The van der Waals surface area contributed by atoms with Gasteiger partial charge < -0.3 is 20.5 Å². The first kappa shape index (κ1) is 28.1. The molecule has 0 bridgehead atoms. The Morgan fingerprint density at radius 2 is 2.05 bits per heavy atom. The fourth-order valence-electron chi connectivity index (χ4n) is 7.06. The summed E-state index contributed by atoms with van der Waals surface area (Å²) in [6, 6.07) is 4.52. The highest BCUT2D eigenvalue weighted by Crippen LogP contribution is 2.43. The van der Waals surface area contributed by atoms with E-state index in [0.717, 1.165) is 30.7 Å². The van der Waals surface area contributed by atoms with E-state index in [9.17, 15) is 19.1 Å². The van der Waals surface area contributed by atoms with Gasteiger partial charge in [-0.3, -0.25) is 9.88 Å². The van der Waals surface area contributed by atoms with Gasteiger partial charge in [0.25, 0.3) is 0 Å². The molecule has 1 aromatic carbocycles. The Morgan fingerprint density at radius 3 is 2.84 bits per heavy atom. The zero-order valence-electron chi connectivity index (χ0n) is 23.5. The molecular weight excluding hydrogens is 579 g/mol. The summed E-state index contributed by atoms with van der Waals surface area (Å²) in [4.78, 5) is 17.6. The largest absolute Gasteiger partial charge is 0.461 e. The van der Waals surface area contributed by atoms with Crippen LogP contribution in [0, 0.1) is 23.0 Å². The predicted molar refractivity (Wildman–Crippen MR) is 158 cm³/mol. The monoisotopic (exact) mass is 609 g/mol. The van der Waals surface area contributed by atoms with Crippen LogP contribution in [0.5, 0.6) is 6.01 Å². The third-order valence-electron chi connectivity index (χ3n) is 9.03. The molecule has 3 N–H and O–H groups in total. The number of aromatic nitrogens is 3. The van der Waals surface area contributed by atoms with Gasteiger partial charge in [0, 0.05) is 43.2 Å². The van der Waals surface area contributed by atoms with Crippen molar-refractivity contribution in [3.8, 4) is 23.3 Å². The lowest BCUT2D eigenvalue weighted by atomic mass is 9.95. The van der Waals surface area contributed by atoms with Gasteiger partial charge in [0.2, 0.25) is 0 Å². The number of pyridine rings is 1. The van der Waals surface area contributed by atoms with Gasteiger partial charge in [0.1, 0.15) is 46.7 Å². The minimum absolute atomic E-state index is 0.0573. The van der Waals surface area contributed by atoms with E-state index >= 15 is 4.39 Å². The highest BCUT2D eigenvalue weighted by molar-refractivity contribution is 7.23. The van der Waals surface area contributed by atoms with Gasteiger partial charge in [-0.15, -0.1) is 11.3 Å². The molecule has 4 aromatic rings. The third-order valence-corrected chi connectivity index (χ3v) is 10.1. The normalized spacial score (nSPS) is 25.9. The standard InChI is InChI=1S/C30H30F3N7O2S/c1-29(41)6-2-8-39(14-29)27-19-12-36-23(17-4-5-20(32)25-21(17)18(11-34)26(35)43-25)22(33)24(19)37-28(38-27)42-15-30-7-3-9-40(30)13-16(31)10-30/h4-5,12,16,41H,2-3,6-10,13-15,35H2,1H3/t16-,29-,30+/m1/s1. The lowest BCUT2D eigenvalue weighted by molar-refractivity contribution is 0.0447. The number of alkyl halides is 1. The molecule has 224 valence electrons. The number of ether oxygens (including phenoxy) is 1. The van der Waals surface area contributed by atoms with Gasteiger partial charge in [0.15, 0.2) is 5.82 Å². The number of piperidine rings is 1. The van der Waals surface area contributed by atoms with Gasteiger partial charge in [-0.05, 0) is 51.3 Å². The van der Waals surface area contributed by atoms with Gasteiger partial charge in [-0.2, -0.15) is 15.2 Å². The first-order valence-corrected chi connectivity index (χ1v) is 15.2. The Bertz CT molecular complexity index is 1810. The Labute approximate surface area is 249 Å². The van der Waals surface area contributed by atoms with Crippen molar-refractivity contribution < 1.29 is 23.0 Å². The maximum atomic E-state index is 16.6. The van der Waals surface area contributed by atoms with Crippen molar-refractivity contribution in [2.45, 2.75) is 56.3 Å². The van der Waals surface area contributed by atoms with E-state index in [1.807, 2.05) is 11.0 Å². The van der Waals surface area contributed by atoms with E-state index in [-0.39, 0.29) is 56.6 Å². The molecule has 3 aliphatic heterocycles. The fraction of sp³-hybridized carbons (Fsp3) is 0.467. The zero-order valence-corrected chi connectivity index (χ0v) is 24.4. The molecule has 0 spiro atoms. The molecule has 0 amide bonds. The Balaban J connectivity index is 1.37. The fourth-order valence-corrected chi connectivity index (χ4v) is 8.01. The summed E-state index contributed by atoms with van der Waals surface area (Å²) in [6.07, 6.45) is 3.92. The van der Waals surface area contributed by atoms with E-state index in [1.54, 1.807) is 6.92 Å². The van der Waals surface area contributed by atoms with Crippen LogP contribution in [0.25, 0.3) is 32.2 Å². The molecule has 3 aliphatic rings. The van der Waals surface area contributed by atoms with Crippen LogP contribution in [-0.4, -0.2) is 75.1 Å². The van der Waals surface area contributed by atoms with E-state index in [0.29, 0.717) is 43.6 Å². The number of nitrogen functional groups attached to an aromatic ring is 1. The molecule has 9 nitrogen and oxygen atoms in total. The van der Waals surface area contributed by atoms with Crippen LogP contribution in [0.1, 0.15) is 44.6 Å². The quantitative estimate of drug-likeness (QED) is 0.324. The molecule has 0 radical (unpaired) electrons. The molecule has 3 saturated heterocycles. The number of anilines is 2. The number of hydrogen-bond acceptors (Lipinski definition) is 10. The second-order valence-electron chi connectivity index (χ2n) is 12.2. The van der Waals surface area contributed by atoms with Gasteiger partial charge in [0.05, 0.1) is 26.8 Å². The molecule has 3 fully saturated rings. The first-order chi connectivity index (χ1) is 20.6. The van der Waals surface area contributed by atoms with E-state index < -0.39 is 28.9 Å². The molecule has 43 heavy (non-hydrogen) atoms. The van der Waals surface area contributed by atoms with Crippen LogP contribution in [0.2, 0.25) is 0 Å². The maximum Gasteiger partial charge on any atom is 0.319 e. The average molecular weight is 610 g/mol. The van der Waals surface area contributed by atoms with Crippen LogP contribution < -0.4 is 15.4 Å². The minimum atomic E-state index is -0.974. The van der Waals surface area contributed by atoms with Crippen molar-refractivity contribution in [3.05, 3.63) is 35.5 Å². The van der Waals surface area contributed by atoms with Gasteiger partial charge >= 0.3 is 6.01 Å². The molecule has 3 atom stereocenters. The second kappa shape index (κ2) is 10.2. The summed E-state index contributed by atoms with van der Waals surface area (Å²) < 4.78 is 52.0. The number of aliphatic hydroxyl groups is 1. The number of nitrogens with zero attached hydrogens (tertiary/aromatic N) is 6. The van der Waals surface area contributed by atoms with Crippen molar-refractivity contribution in [3.63, 3.8) is 0 Å². The average Bonchev–Trinajstić information content (AvgIpc) is 3.61. The SMILES string of the molecule is C[C@@]1(O)CCCN(c2nc(OC[C@@]34CCCN3C[C@H](F)C4)nc3c(F)c(-c4ccc(F)c5sc(N)c(C#N)c45)ncc23)C1. The smallest absolute Gasteiger partial charge is 0.319 e. The second-order valence-corrected chi connectivity index (χ2v) is 13.2.